The highest BCUT2D eigenvalue weighted by Gasteiger charge is 2.32. The van der Waals surface area contributed by atoms with Crippen LogP contribution in [-0.4, -0.2) is 29.7 Å². The van der Waals surface area contributed by atoms with E-state index in [1.54, 1.807) is 20.8 Å². The third kappa shape index (κ3) is 3.49. The van der Waals surface area contributed by atoms with Crippen LogP contribution in [0.5, 0.6) is 0 Å². The molecule has 0 radical (unpaired) electrons. The molecular weight excluding hydrogens is 283 g/mol. The standard InChI is InChI=1S/C15H18F3NO2/c1-15(2,3)21-14(20)19-7-6-9(8-19)10-4-5-11(16)13(18)12(10)17/h4-5,9H,6-8H2,1-3H3. The number of amides is 1. The fraction of sp³-hybridized carbons (Fsp3) is 0.533. The van der Waals surface area contributed by atoms with Crippen molar-refractivity contribution in [3.8, 4) is 0 Å². The van der Waals surface area contributed by atoms with Gasteiger partial charge in [-0.25, -0.2) is 18.0 Å². The van der Waals surface area contributed by atoms with Crippen molar-refractivity contribution < 1.29 is 22.7 Å². The topological polar surface area (TPSA) is 29.5 Å². The molecule has 0 aromatic heterocycles. The highest BCUT2D eigenvalue weighted by molar-refractivity contribution is 5.68. The molecule has 0 bridgehead atoms. The molecule has 2 rings (SSSR count). The zero-order chi connectivity index (χ0) is 15.8. The van der Waals surface area contributed by atoms with Gasteiger partial charge in [-0.2, -0.15) is 0 Å². The van der Waals surface area contributed by atoms with Crippen LogP contribution in [0.15, 0.2) is 12.1 Å². The van der Waals surface area contributed by atoms with E-state index in [0.29, 0.717) is 13.0 Å². The largest absolute Gasteiger partial charge is 0.444 e. The first-order chi connectivity index (χ1) is 9.69. The van der Waals surface area contributed by atoms with E-state index >= 15 is 0 Å². The van der Waals surface area contributed by atoms with Gasteiger partial charge in [0.25, 0.3) is 0 Å². The van der Waals surface area contributed by atoms with Crippen LogP contribution in [0.2, 0.25) is 0 Å². The molecule has 3 nitrogen and oxygen atoms in total. The molecule has 1 fully saturated rings. The van der Waals surface area contributed by atoms with Crippen LogP contribution >= 0.6 is 0 Å². The molecule has 1 amide bonds. The number of rotatable bonds is 1. The van der Waals surface area contributed by atoms with E-state index in [1.807, 2.05) is 0 Å². The Morgan fingerprint density at radius 2 is 1.90 bits per heavy atom. The Morgan fingerprint density at radius 1 is 1.24 bits per heavy atom. The van der Waals surface area contributed by atoms with Gasteiger partial charge >= 0.3 is 6.09 Å². The van der Waals surface area contributed by atoms with Gasteiger partial charge in [0, 0.05) is 19.0 Å². The third-order valence-corrected chi connectivity index (χ3v) is 3.34. The van der Waals surface area contributed by atoms with E-state index in [9.17, 15) is 18.0 Å². The Bertz CT molecular complexity index is 555. The van der Waals surface area contributed by atoms with Gasteiger partial charge in [-0.3, -0.25) is 0 Å². The average molecular weight is 301 g/mol. The van der Waals surface area contributed by atoms with E-state index in [0.717, 1.165) is 6.07 Å². The maximum atomic E-state index is 13.8. The van der Waals surface area contributed by atoms with Crippen LogP contribution in [0.25, 0.3) is 0 Å². The lowest BCUT2D eigenvalue weighted by molar-refractivity contribution is 0.0292. The van der Waals surface area contributed by atoms with Gasteiger partial charge in [0.1, 0.15) is 5.60 Å². The van der Waals surface area contributed by atoms with Crippen molar-refractivity contribution in [2.45, 2.75) is 38.7 Å². The summed E-state index contributed by atoms with van der Waals surface area (Å²) in [6, 6.07) is 2.14. The summed E-state index contributed by atoms with van der Waals surface area (Å²) >= 11 is 0. The molecule has 6 heteroatoms. The molecule has 21 heavy (non-hydrogen) atoms. The van der Waals surface area contributed by atoms with Crippen molar-refractivity contribution in [2.75, 3.05) is 13.1 Å². The van der Waals surface area contributed by atoms with Crippen molar-refractivity contribution in [3.63, 3.8) is 0 Å². The predicted molar refractivity (Wildman–Crippen MR) is 71.5 cm³/mol. The first-order valence-corrected chi connectivity index (χ1v) is 6.80. The Morgan fingerprint density at radius 3 is 2.52 bits per heavy atom. The molecule has 0 aliphatic carbocycles. The van der Waals surface area contributed by atoms with Gasteiger partial charge in [-0.15, -0.1) is 0 Å². The normalized spacial score (nSPS) is 19.0. The van der Waals surface area contributed by atoms with Gasteiger partial charge in [0.05, 0.1) is 0 Å². The van der Waals surface area contributed by atoms with Crippen molar-refractivity contribution in [1.82, 2.24) is 4.90 Å². The summed E-state index contributed by atoms with van der Waals surface area (Å²) in [5.41, 5.74) is -0.512. The predicted octanol–water partition coefficient (Wildman–Crippen LogP) is 3.83. The molecule has 0 spiro atoms. The number of carbonyl (C=O) groups is 1. The molecule has 1 aromatic rings. The van der Waals surface area contributed by atoms with Gasteiger partial charge in [-0.1, -0.05) is 6.07 Å². The van der Waals surface area contributed by atoms with Crippen molar-refractivity contribution in [2.24, 2.45) is 0 Å². The van der Waals surface area contributed by atoms with Gasteiger partial charge in [0.2, 0.25) is 0 Å². The second kappa shape index (κ2) is 5.58. The lowest BCUT2D eigenvalue weighted by Crippen LogP contribution is -2.35. The molecule has 1 unspecified atom stereocenters. The zero-order valence-corrected chi connectivity index (χ0v) is 12.3. The molecule has 1 heterocycles. The Kier molecular flexibility index (Phi) is 4.16. The minimum atomic E-state index is -1.47. The van der Waals surface area contributed by atoms with Crippen LogP contribution < -0.4 is 0 Å². The number of ether oxygens (including phenoxy) is 1. The maximum Gasteiger partial charge on any atom is 0.410 e. The summed E-state index contributed by atoms with van der Waals surface area (Å²) in [4.78, 5) is 13.4. The zero-order valence-electron chi connectivity index (χ0n) is 12.3. The van der Waals surface area contributed by atoms with E-state index in [1.165, 1.54) is 11.0 Å². The van der Waals surface area contributed by atoms with Gasteiger partial charge in [0.15, 0.2) is 17.5 Å². The number of halogens is 3. The number of hydrogen-bond acceptors (Lipinski definition) is 2. The highest BCUT2D eigenvalue weighted by atomic mass is 19.2. The number of nitrogens with zero attached hydrogens (tertiary/aromatic N) is 1. The van der Waals surface area contributed by atoms with E-state index in [4.69, 9.17) is 4.74 Å². The fourth-order valence-corrected chi connectivity index (χ4v) is 2.36. The summed E-state index contributed by atoms with van der Waals surface area (Å²) in [7, 11) is 0. The quantitative estimate of drug-likeness (QED) is 0.738. The Labute approximate surface area is 121 Å². The lowest BCUT2D eigenvalue weighted by atomic mass is 9.97. The molecule has 0 N–H and O–H groups in total. The number of hydrogen-bond donors (Lipinski definition) is 0. The van der Waals surface area contributed by atoms with Crippen LogP contribution in [0, 0.1) is 17.5 Å². The second-order valence-electron chi connectivity index (χ2n) is 6.18. The van der Waals surface area contributed by atoms with E-state index in [-0.39, 0.29) is 18.0 Å². The molecule has 1 atom stereocenters. The maximum absolute atomic E-state index is 13.8. The van der Waals surface area contributed by atoms with Crippen molar-refractivity contribution in [3.05, 3.63) is 35.1 Å². The van der Waals surface area contributed by atoms with Crippen LogP contribution in [0.1, 0.15) is 38.7 Å². The highest BCUT2D eigenvalue weighted by Crippen LogP contribution is 2.31. The molecule has 1 aliphatic heterocycles. The Hall–Kier alpha value is -1.72. The first kappa shape index (κ1) is 15.7. The summed E-state index contributed by atoms with van der Waals surface area (Å²) in [6.45, 7) is 5.91. The minimum Gasteiger partial charge on any atom is -0.444 e. The lowest BCUT2D eigenvalue weighted by Gasteiger charge is -2.24. The van der Waals surface area contributed by atoms with Crippen LogP contribution in [0.4, 0.5) is 18.0 Å². The smallest absolute Gasteiger partial charge is 0.410 e. The molecule has 0 saturated carbocycles. The summed E-state index contributed by atoms with van der Waals surface area (Å²) in [6.07, 6.45) is 0.00863. The van der Waals surface area contributed by atoms with Crippen molar-refractivity contribution >= 4 is 6.09 Å². The minimum absolute atomic E-state index is 0.0972. The summed E-state index contributed by atoms with van der Waals surface area (Å²) < 4.78 is 45.2. The van der Waals surface area contributed by atoms with E-state index in [2.05, 4.69) is 0 Å². The van der Waals surface area contributed by atoms with Crippen molar-refractivity contribution in [1.29, 1.82) is 0 Å². The molecule has 116 valence electrons. The SMILES string of the molecule is CC(C)(C)OC(=O)N1CCC(c2ccc(F)c(F)c2F)C1. The fourth-order valence-electron chi connectivity index (χ4n) is 2.36. The number of likely N-dealkylation sites (tertiary alicyclic amines) is 1. The summed E-state index contributed by atoms with van der Waals surface area (Å²) in [5.74, 6) is -4.21. The Balaban J connectivity index is 2.09. The molecular formula is C15H18F3NO2. The third-order valence-electron chi connectivity index (χ3n) is 3.34. The monoisotopic (exact) mass is 301 g/mol. The van der Waals surface area contributed by atoms with E-state index < -0.39 is 29.1 Å². The molecule has 1 aromatic carbocycles. The number of carbonyl (C=O) groups excluding carboxylic acids is 1. The average Bonchev–Trinajstić information content (AvgIpc) is 2.83. The molecule has 1 aliphatic rings. The summed E-state index contributed by atoms with van der Waals surface area (Å²) in [5, 5.41) is 0. The second-order valence-corrected chi connectivity index (χ2v) is 6.18. The van der Waals surface area contributed by atoms with Crippen LogP contribution in [-0.2, 0) is 4.74 Å². The van der Waals surface area contributed by atoms with Gasteiger partial charge < -0.3 is 9.64 Å². The number of benzene rings is 1. The van der Waals surface area contributed by atoms with Gasteiger partial charge in [-0.05, 0) is 38.8 Å². The molecule has 1 saturated heterocycles. The first-order valence-electron chi connectivity index (χ1n) is 6.80. The van der Waals surface area contributed by atoms with Crippen LogP contribution in [0.3, 0.4) is 0 Å².